The minimum atomic E-state index is -0.394. The first-order valence-electron chi connectivity index (χ1n) is 7.20. The van der Waals surface area contributed by atoms with Gasteiger partial charge < -0.3 is 10.0 Å². The molecule has 0 fully saturated rings. The molecule has 0 saturated heterocycles. The average molecular weight is 391 g/mol. The predicted octanol–water partition coefficient (Wildman–Crippen LogP) is 5.54. The summed E-state index contributed by atoms with van der Waals surface area (Å²) in [5.41, 5.74) is 1.88. The van der Waals surface area contributed by atoms with Gasteiger partial charge >= 0.3 is 0 Å². The largest absolute Gasteiger partial charge is 0.380 e. The van der Waals surface area contributed by atoms with E-state index in [1.54, 1.807) is 24.4 Å². The molecule has 0 bridgehead atoms. The molecule has 0 amide bonds. The Labute approximate surface area is 157 Å². The summed E-state index contributed by atoms with van der Waals surface area (Å²) in [6.45, 7) is 0.382. The van der Waals surface area contributed by atoms with Crippen molar-refractivity contribution < 1.29 is 4.39 Å². The van der Waals surface area contributed by atoms with E-state index >= 15 is 0 Å². The Kier molecular flexibility index (Phi) is 5.76. The molecule has 0 atom stereocenters. The normalized spacial score (nSPS) is 10.3. The van der Waals surface area contributed by atoms with Crippen molar-refractivity contribution in [2.45, 2.75) is 11.4 Å². The van der Waals surface area contributed by atoms with Crippen LogP contribution in [0.3, 0.4) is 0 Å². The van der Waals surface area contributed by atoms with Crippen molar-refractivity contribution in [1.82, 2.24) is 4.98 Å². The number of thiazole rings is 1. The van der Waals surface area contributed by atoms with E-state index in [1.165, 1.54) is 17.4 Å². The minimum absolute atomic E-state index is 0.378. The van der Waals surface area contributed by atoms with Crippen LogP contribution in [-0.2, 0) is 6.54 Å². The van der Waals surface area contributed by atoms with Gasteiger partial charge in [0.1, 0.15) is 5.82 Å². The van der Waals surface area contributed by atoms with Crippen LogP contribution >= 0.6 is 34.9 Å². The maximum absolute atomic E-state index is 14.3. The number of nitrogens with one attached hydrogen (secondary N) is 2. The molecule has 3 aromatic rings. The van der Waals surface area contributed by atoms with E-state index in [2.05, 4.69) is 21.1 Å². The summed E-state index contributed by atoms with van der Waals surface area (Å²) >= 11 is 8.80. The van der Waals surface area contributed by atoms with Crippen LogP contribution in [0, 0.1) is 17.1 Å². The molecule has 1 heterocycles. The Bertz CT molecular complexity index is 910. The lowest BCUT2D eigenvalue weighted by Gasteiger charge is -2.12. The van der Waals surface area contributed by atoms with Crippen molar-refractivity contribution in [2.24, 2.45) is 0 Å². The van der Waals surface area contributed by atoms with Crippen molar-refractivity contribution in [3.05, 3.63) is 69.9 Å². The third-order valence-electron chi connectivity index (χ3n) is 3.31. The zero-order chi connectivity index (χ0) is 17.6. The fourth-order valence-electron chi connectivity index (χ4n) is 2.09. The lowest BCUT2D eigenvalue weighted by atomic mass is 10.1. The van der Waals surface area contributed by atoms with Crippen LogP contribution in [0.15, 0.2) is 52.9 Å². The van der Waals surface area contributed by atoms with Crippen LogP contribution in [0.25, 0.3) is 0 Å². The van der Waals surface area contributed by atoms with Crippen LogP contribution in [0.2, 0.25) is 5.02 Å². The topological polar surface area (TPSA) is 60.7 Å². The van der Waals surface area contributed by atoms with Gasteiger partial charge in [-0.1, -0.05) is 29.8 Å². The second kappa shape index (κ2) is 8.21. The highest BCUT2D eigenvalue weighted by Gasteiger charge is 2.11. The van der Waals surface area contributed by atoms with E-state index in [0.29, 0.717) is 32.8 Å². The van der Waals surface area contributed by atoms with Crippen molar-refractivity contribution in [3.8, 4) is 6.07 Å². The predicted molar refractivity (Wildman–Crippen MR) is 101 cm³/mol. The fourth-order valence-corrected chi connectivity index (χ4v) is 3.66. The van der Waals surface area contributed by atoms with Gasteiger partial charge in [0.15, 0.2) is 5.13 Å². The molecule has 4 nitrogen and oxygen atoms in total. The summed E-state index contributed by atoms with van der Waals surface area (Å²) in [6, 6.07) is 12.3. The number of anilines is 2. The van der Waals surface area contributed by atoms with E-state index in [4.69, 9.17) is 16.9 Å². The molecule has 126 valence electrons. The van der Waals surface area contributed by atoms with Gasteiger partial charge in [-0.05, 0) is 35.7 Å². The van der Waals surface area contributed by atoms with E-state index in [9.17, 15) is 4.39 Å². The summed E-state index contributed by atoms with van der Waals surface area (Å²) in [4.78, 5) is 4.45. The summed E-state index contributed by atoms with van der Waals surface area (Å²) in [5, 5.41) is 15.1. The number of hydrogen-bond donors (Lipinski definition) is 2. The molecule has 0 aliphatic rings. The van der Waals surface area contributed by atoms with Crippen molar-refractivity contribution in [2.75, 3.05) is 10.0 Å². The highest BCUT2D eigenvalue weighted by molar-refractivity contribution is 8.00. The van der Waals surface area contributed by atoms with E-state index < -0.39 is 5.82 Å². The molecule has 0 aliphatic carbocycles. The molecule has 0 unspecified atom stereocenters. The molecule has 2 N–H and O–H groups in total. The van der Waals surface area contributed by atoms with Crippen molar-refractivity contribution >= 4 is 45.7 Å². The van der Waals surface area contributed by atoms with Gasteiger partial charge in [0, 0.05) is 18.1 Å². The van der Waals surface area contributed by atoms with Gasteiger partial charge in [-0.2, -0.15) is 5.26 Å². The number of nitriles is 1. The monoisotopic (exact) mass is 390 g/mol. The summed E-state index contributed by atoms with van der Waals surface area (Å²) in [5.74, 6) is -0.394. The number of benzene rings is 2. The Morgan fingerprint density at radius 2 is 2.16 bits per heavy atom. The van der Waals surface area contributed by atoms with Crippen LogP contribution in [0.1, 0.15) is 11.1 Å². The Balaban J connectivity index is 1.70. The first kappa shape index (κ1) is 17.5. The molecule has 8 heteroatoms. The molecule has 0 spiro atoms. The second-order valence-corrected chi connectivity index (χ2v) is 7.08. The summed E-state index contributed by atoms with van der Waals surface area (Å²) in [7, 11) is 0. The van der Waals surface area contributed by atoms with Gasteiger partial charge in [-0.15, -0.1) is 11.3 Å². The fraction of sp³-hybridized carbons (Fsp3) is 0.0588. The molecule has 0 aliphatic heterocycles. The lowest BCUT2D eigenvalue weighted by molar-refractivity contribution is 0.602. The van der Waals surface area contributed by atoms with Crippen molar-refractivity contribution in [3.63, 3.8) is 0 Å². The maximum Gasteiger partial charge on any atom is 0.192 e. The van der Waals surface area contributed by atoms with Crippen molar-refractivity contribution in [1.29, 1.82) is 5.26 Å². The van der Waals surface area contributed by atoms with Gasteiger partial charge in [-0.3, -0.25) is 0 Å². The first-order chi connectivity index (χ1) is 12.2. The molecule has 25 heavy (non-hydrogen) atoms. The van der Waals surface area contributed by atoms with E-state index in [1.807, 2.05) is 17.5 Å². The third kappa shape index (κ3) is 4.42. The number of rotatable bonds is 6. The lowest BCUT2D eigenvalue weighted by Crippen LogP contribution is -2.03. The van der Waals surface area contributed by atoms with Gasteiger partial charge in [-0.25, -0.2) is 9.37 Å². The Morgan fingerprint density at radius 1 is 1.32 bits per heavy atom. The number of halogens is 2. The molecular weight excluding hydrogens is 379 g/mol. The van der Waals surface area contributed by atoms with Crippen LogP contribution < -0.4 is 10.0 Å². The maximum atomic E-state index is 14.3. The van der Waals surface area contributed by atoms with Crippen LogP contribution in [0.4, 0.5) is 15.2 Å². The highest BCUT2D eigenvalue weighted by Crippen LogP contribution is 2.32. The second-order valence-electron chi connectivity index (χ2n) is 4.93. The highest BCUT2D eigenvalue weighted by atomic mass is 35.5. The zero-order valence-corrected chi connectivity index (χ0v) is 15.2. The molecule has 0 radical (unpaired) electrons. The minimum Gasteiger partial charge on any atom is -0.380 e. The Morgan fingerprint density at radius 3 is 2.92 bits per heavy atom. The number of hydrogen-bond acceptors (Lipinski definition) is 6. The molecular formula is C17H12ClFN4S2. The number of nitrogens with zero attached hydrogens (tertiary/aromatic N) is 2. The average Bonchev–Trinajstić information content (AvgIpc) is 3.14. The zero-order valence-electron chi connectivity index (χ0n) is 12.8. The Hall–Kier alpha value is -2.27. The molecule has 2 aromatic carbocycles. The number of aromatic nitrogens is 1. The quantitative estimate of drug-likeness (QED) is 0.541. The SMILES string of the molecule is N#Cc1ccccc1CNc1cc(F)c(SNc2nccs2)cc1Cl. The van der Waals surface area contributed by atoms with Gasteiger partial charge in [0.05, 0.1) is 27.2 Å². The van der Waals surface area contributed by atoms with Crippen LogP contribution in [0.5, 0.6) is 0 Å². The first-order valence-corrected chi connectivity index (χ1v) is 9.28. The third-order valence-corrected chi connectivity index (χ3v) is 5.27. The molecule has 1 aromatic heterocycles. The summed E-state index contributed by atoms with van der Waals surface area (Å²) in [6.07, 6.45) is 1.67. The van der Waals surface area contributed by atoms with E-state index in [0.717, 1.165) is 17.5 Å². The van der Waals surface area contributed by atoms with Gasteiger partial charge in [0.25, 0.3) is 0 Å². The standard InChI is InChI=1S/C17H12ClFN4S2/c18-13-7-16(25-23-17-21-5-6-24-17)14(19)8-15(13)22-10-12-4-2-1-3-11(12)9-20/h1-8,22H,10H2,(H,21,23). The van der Waals surface area contributed by atoms with Crippen LogP contribution in [-0.4, -0.2) is 4.98 Å². The molecule has 3 rings (SSSR count). The van der Waals surface area contributed by atoms with Gasteiger partial charge in [0.2, 0.25) is 0 Å². The van der Waals surface area contributed by atoms with E-state index in [-0.39, 0.29) is 0 Å². The molecule has 0 saturated carbocycles. The smallest absolute Gasteiger partial charge is 0.192 e. The summed E-state index contributed by atoms with van der Waals surface area (Å²) < 4.78 is 17.3.